The number of sulfonamides is 2. The van der Waals surface area contributed by atoms with Gasteiger partial charge in [-0.2, -0.15) is 0 Å². The second-order valence-electron chi connectivity index (χ2n) is 9.13. The molecular weight excluding hydrogens is 586 g/mol. The average Bonchev–Trinajstić information content (AvgIpc) is 2.94. The van der Waals surface area contributed by atoms with Crippen LogP contribution in [0.15, 0.2) is 102 Å². The lowest BCUT2D eigenvalue weighted by Gasteiger charge is -2.22. The lowest BCUT2D eigenvalue weighted by Crippen LogP contribution is -2.37. The quantitative estimate of drug-likeness (QED) is 0.233. The largest absolute Gasteiger partial charge is 0.489 e. The second kappa shape index (κ2) is 12.6. The monoisotopic (exact) mass is 613 g/mol. The van der Waals surface area contributed by atoms with E-state index in [1.54, 1.807) is 49.4 Å². The first-order chi connectivity index (χ1) is 19.4. The Kier molecular flexibility index (Phi) is 9.21. The molecule has 41 heavy (non-hydrogen) atoms. The summed E-state index contributed by atoms with van der Waals surface area (Å²) in [6.07, 6.45) is 1.01. The maximum Gasteiger partial charge on any atom is 0.261 e. The molecule has 0 unspecified atom stereocenters. The Hall–Kier alpha value is -4.06. The number of hydrogen-bond acceptors (Lipinski definition) is 6. The van der Waals surface area contributed by atoms with Gasteiger partial charge in [-0.15, -0.1) is 0 Å². The number of hydrogen-bond donors (Lipinski definition) is 2. The fourth-order valence-electron chi connectivity index (χ4n) is 3.82. The highest BCUT2D eigenvalue weighted by atomic mass is 35.5. The van der Waals surface area contributed by atoms with E-state index >= 15 is 0 Å². The third-order valence-corrected chi connectivity index (χ3v) is 8.95. The SMILES string of the molecule is Cc1c(Cl)cccc1NS(=O)(=O)c1ccc(NC(=O)CN(c2ccc(OCc3ccccc3)cc2)S(C)(=O)=O)cc1. The van der Waals surface area contributed by atoms with Crippen LogP contribution in [0.1, 0.15) is 11.1 Å². The Morgan fingerprint density at radius 3 is 2.15 bits per heavy atom. The van der Waals surface area contributed by atoms with E-state index in [4.69, 9.17) is 16.3 Å². The lowest BCUT2D eigenvalue weighted by molar-refractivity contribution is -0.114. The molecule has 0 spiro atoms. The van der Waals surface area contributed by atoms with Gasteiger partial charge in [-0.1, -0.05) is 48.0 Å². The molecule has 0 aliphatic heterocycles. The standard InChI is InChI=1S/C29H28ClN3O6S2/c1-21-27(30)9-6-10-28(21)32-41(37,38)26-17-11-23(12-18-26)31-29(34)19-33(40(2,35)36)24-13-15-25(16-14-24)39-20-22-7-4-3-5-8-22/h3-18,32H,19-20H2,1-2H3,(H,31,34). The highest BCUT2D eigenvalue weighted by Crippen LogP contribution is 2.26. The maximum atomic E-state index is 12.8. The van der Waals surface area contributed by atoms with Crippen molar-refractivity contribution in [2.24, 2.45) is 0 Å². The average molecular weight is 614 g/mol. The summed E-state index contributed by atoms with van der Waals surface area (Å²) in [6, 6.07) is 26.4. The molecule has 0 radical (unpaired) electrons. The Morgan fingerprint density at radius 1 is 0.854 bits per heavy atom. The second-order valence-corrected chi connectivity index (χ2v) is 13.1. The highest BCUT2D eigenvalue weighted by Gasteiger charge is 2.22. The van der Waals surface area contributed by atoms with Crippen LogP contribution in [0.3, 0.4) is 0 Å². The van der Waals surface area contributed by atoms with Gasteiger partial charge in [0.1, 0.15) is 18.9 Å². The van der Waals surface area contributed by atoms with E-state index in [0.717, 1.165) is 16.1 Å². The highest BCUT2D eigenvalue weighted by molar-refractivity contribution is 7.92. The number of nitrogens with one attached hydrogen (secondary N) is 2. The Balaban J connectivity index is 1.40. The van der Waals surface area contributed by atoms with Crippen LogP contribution >= 0.6 is 11.6 Å². The summed E-state index contributed by atoms with van der Waals surface area (Å²) >= 11 is 6.08. The van der Waals surface area contributed by atoms with Crippen LogP contribution in [0.5, 0.6) is 5.75 Å². The molecule has 2 N–H and O–H groups in total. The van der Waals surface area contributed by atoms with Crippen molar-refractivity contribution < 1.29 is 26.4 Å². The molecule has 214 valence electrons. The van der Waals surface area contributed by atoms with E-state index < -0.39 is 32.5 Å². The van der Waals surface area contributed by atoms with Gasteiger partial charge in [0.25, 0.3) is 10.0 Å². The summed E-state index contributed by atoms with van der Waals surface area (Å²) in [5.41, 5.74) is 2.52. The predicted octanol–water partition coefficient (Wildman–Crippen LogP) is 5.43. The number of halogens is 1. The van der Waals surface area contributed by atoms with Crippen molar-refractivity contribution in [3.63, 3.8) is 0 Å². The summed E-state index contributed by atoms with van der Waals surface area (Å²) in [6.45, 7) is 1.57. The van der Waals surface area contributed by atoms with E-state index in [1.165, 1.54) is 24.3 Å². The van der Waals surface area contributed by atoms with E-state index in [9.17, 15) is 21.6 Å². The minimum atomic E-state index is -3.92. The van der Waals surface area contributed by atoms with Crippen LogP contribution in [0.4, 0.5) is 17.1 Å². The summed E-state index contributed by atoms with van der Waals surface area (Å²) < 4.78 is 59.9. The normalized spacial score (nSPS) is 11.5. The van der Waals surface area contributed by atoms with Gasteiger partial charge in [-0.25, -0.2) is 16.8 Å². The van der Waals surface area contributed by atoms with Crippen LogP contribution in [0, 0.1) is 6.92 Å². The van der Waals surface area contributed by atoms with E-state index in [1.807, 2.05) is 30.3 Å². The molecule has 0 saturated heterocycles. The van der Waals surface area contributed by atoms with E-state index in [0.29, 0.717) is 40.0 Å². The molecule has 0 bridgehead atoms. The first-order valence-electron chi connectivity index (χ1n) is 12.3. The first kappa shape index (κ1) is 29.9. The third kappa shape index (κ3) is 8.00. The van der Waals surface area contributed by atoms with Crippen molar-refractivity contribution in [3.8, 4) is 5.75 Å². The van der Waals surface area contributed by atoms with Gasteiger partial charge in [-0.3, -0.25) is 13.8 Å². The van der Waals surface area contributed by atoms with Gasteiger partial charge < -0.3 is 10.1 Å². The molecule has 4 rings (SSSR count). The van der Waals surface area contributed by atoms with Crippen molar-refractivity contribution in [1.82, 2.24) is 0 Å². The molecule has 0 saturated carbocycles. The molecule has 0 aromatic heterocycles. The van der Waals surface area contributed by atoms with E-state index in [2.05, 4.69) is 10.0 Å². The van der Waals surface area contributed by atoms with Crippen molar-refractivity contribution in [1.29, 1.82) is 0 Å². The van der Waals surface area contributed by atoms with Gasteiger partial charge in [0.2, 0.25) is 15.9 Å². The predicted molar refractivity (Wildman–Crippen MR) is 161 cm³/mol. The first-order valence-corrected chi connectivity index (χ1v) is 16.1. The van der Waals surface area contributed by atoms with Gasteiger partial charge in [-0.05, 0) is 78.7 Å². The van der Waals surface area contributed by atoms with Gasteiger partial charge in [0.05, 0.1) is 22.5 Å². The van der Waals surface area contributed by atoms with Crippen LogP contribution < -0.4 is 19.1 Å². The molecule has 0 aliphatic rings. The Bertz CT molecular complexity index is 1730. The third-order valence-electron chi connectivity index (χ3n) is 6.02. The molecule has 0 fully saturated rings. The number of nitrogens with zero attached hydrogens (tertiary/aromatic N) is 1. The number of benzene rings is 4. The minimum Gasteiger partial charge on any atom is -0.489 e. The van der Waals surface area contributed by atoms with Gasteiger partial charge in [0, 0.05) is 10.7 Å². The summed E-state index contributed by atoms with van der Waals surface area (Å²) in [4.78, 5) is 12.8. The zero-order valence-corrected chi connectivity index (χ0v) is 24.6. The fourth-order valence-corrected chi connectivity index (χ4v) is 5.97. The topological polar surface area (TPSA) is 122 Å². The molecule has 4 aromatic carbocycles. The molecule has 12 heteroatoms. The van der Waals surface area contributed by atoms with Crippen LogP contribution in [0.2, 0.25) is 5.02 Å². The molecule has 1 amide bonds. The molecular formula is C29H28ClN3O6S2. The molecule has 9 nitrogen and oxygen atoms in total. The smallest absolute Gasteiger partial charge is 0.261 e. The maximum absolute atomic E-state index is 12.8. The van der Waals surface area contributed by atoms with E-state index in [-0.39, 0.29) is 4.90 Å². The number of amides is 1. The number of rotatable bonds is 11. The van der Waals surface area contributed by atoms with Crippen molar-refractivity contribution >= 4 is 54.6 Å². The van der Waals surface area contributed by atoms with Crippen LogP contribution in [0.25, 0.3) is 0 Å². The number of ether oxygens (including phenoxy) is 1. The fraction of sp³-hybridized carbons (Fsp3) is 0.138. The van der Waals surface area contributed by atoms with Crippen molar-refractivity contribution in [2.75, 3.05) is 27.1 Å². The Labute approximate surface area is 244 Å². The van der Waals surface area contributed by atoms with Crippen LogP contribution in [-0.4, -0.2) is 35.5 Å². The molecule has 4 aromatic rings. The zero-order valence-electron chi connectivity index (χ0n) is 22.2. The zero-order chi connectivity index (χ0) is 29.6. The molecule has 0 heterocycles. The van der Waals surface area contributed by atoms with Crippen LogP contribution in [-0.2, 0) is 31.4 Å². The van der Waals surface area contributed by atoms with Gasteiger partial charge in [0.15, 0.2) is 0 Å². The van der Waals surface area contributed by atoms with Crippen molar-refractivity contribution in [3.05, 3.63) is 113 Å². The summed E-state index contributed by atoms with van der Waals surface area (Å²) in [7, 11) is -7.72. The molecule has 0 aliphatic carbocycles. The number of anilines is 3. The Morgan fingerprint density at radius 2 is 1.51 bits per heavy atom. The lowest BCUT2D eigenvalue weighted by atomic mass is 10.2. The summed E-state index contributed by atoms with van der Waals surface area (Å²) in [5.74, 6) is -0.0614. The minimum absolute atomic E-state index is 0.0257. The molecule has 0 atom stereocenters. The number of carbonyl (C=O) groups excluding carboxylic acids is 1. The number of carbonyl (C=O) groups is 1. The van der Waals surface area contributed by atoms with Gasteiger partial charge >= 0.3 is 0 Å². The van der Waals surface area contributed by atoms with Crippen molar-refractivity contribution in [2.45, 2.75) is 18.4 Å². The summed E-state index contributed by atoms with van der Waals surface area (Å²) in [5, 5.41) is 3.04.